The van der Waals surface area contributed by atoms with E-state index in [1.807, 2.05) is 12.1 Å². The number of rotatable bonds is 4. The van der Waals surface area contributed by atoms with Crippen LogP contribution in [-0.2, 0) is 11.3 Å². The maximum atomic E-state index is 9.76. The number of hydrogen-bond donors (Lipinski definition) is 1. The van der Waals surface area contributed by atoms with E-state index in [1.165, 1.54) is 0 Å². The molecule has 0 radical (unpaired) electrons. The third-order valence-corrected chi connectivity index (χ3v) is 3.87. The van der Waals surface area contributed by atoms with Crippen LogP contribution in [0.5, 0.6) is 11.5 Å². The molecule has 1 aliphatic heterocycles. The van der Waals surface area contributed by atoms with Gasteiger partial charge in [-0.25, -0.2) is 0 Å². The maximum absolute atomic E-state index is 9.76. The third kappa shape index (κ3) is 2.96. The molecule has 1 aromatic carbocycles. The van der Waals surface area contributed by atoms with Crippen molar-refractivity contribution in [1.29, 1.82) is 0 Å². The topological polar surface area (TPSA) is 41.9 Å². The minimum atomic E-state index is 0.146. The molecule has 1 aliphatic rings. The van der Waals surface area contributed by atoms with E-state index in [1.54, 1.807) is 7.11 Å². The summed E-state index contributed by atoms with van der Waals surface area (Å²) in [6.07, 6.45) is 1.08. The average molecular weight is 316 g/mol. The lowest BCUT2D eigenvalue weighted by atomic mass is 10.1. The van der Waals surface area contributed by atoms with Crippen molar-refractivity contribution in [3.05, 3.63) is 22.2 Å². The summed E-state index contributed by atoms with van der Waals surface area (Å²) in [6, 6.07) is 4.26. The summed E-state index contributed by atoms with van der Waals surface area (Å²) in [4.78, 5) is 2.27. The highest BCUT2D eigenvalue weighted by Crippen LogP contribution is 2.35. The van der Waals surface area contributed by atoms with Crippen molar-refractivity contribution < 1.29 is 14.6 Å². The van der Waals surface area contributed by atoms with Crippen molar-refractivity contribution in [1.82, 2.24) is 4.90 Å². The molecule has 1 fully saturated rings. The van der Waals surface area contributed by atoms with Gasteiger partial charge >= 0.3 is 0 Å². The van der Waals surface area contributed by atoms with Gasteiger partial charge in [0, 0.05) is 19.2 Å². The SMILES string of the molecule is COc1cc(CN(C)C2CCOC2)cc(Br)c1O. The average Bonchev–Trinajstić information content (AvgIpc) is 2.87. The van der Waals surface area contributed by atoms with Crippen LogP contribution in [0.15, 0.2) is 16.6 Å². The number of methoxy groups -OCH3 is 1. The summed E-state index contributed by atoms with van der Waals surface area (Å²) >= 11 is 3.34. The molecule has 1 atom stereocenters. The van der Waals surface area contributed by atoms with Crippen LogP contribution in [0, 0.1) is 0 Å². The fourth-order valence-electron chi connectivity index (χ4n) is 2.16. The van der Waals surface area contributed by atoms with Crippen LogP contribution in [0.4, 0.5) is 0 Å². The van der Waals surface area contributed by atoms with Crippen molar-refractivity contribution in [3.63, 3.8) is 0 Å². The molecule has 5 heteroatoms. The van der Waals surface area contributed by atoms with Gasteiger partial charge in [0.15, 0.2) is 11.5 Å². The first-order valence-corrected chi connectivity index (χ1v) is 6.74. The molecule has 0 aromatic heterocycles. The van der Waals surface area contributed by atoms with Crippen LogP contribution >= 0.6 is 15.9 Å². The van der Waals surface area contributed by atoms with Crippen LogP contribution < -0.4 is 4.74 Å². The summed E-state index contributed by atoms with van der Waals surface area (Å²) in [7, 11) is 3.65. The van der Waals surface area contributed by atoms with Gasteiger partial charge < -0.3 is 14.6 Å². The lowest BCUT2D eigenvalue weighted by molar-refractivity contribution is 0.156. The van der Waals surface area contributed by atoms with E-state index in [9.17, 15) is 5.11 Å². The smallest absolute Gasteiger partial charge is 0.172 e. The quantitative estimate of drug-likeness (QED) is 0.926. The number of hydrogen-bond acceptors (Lipinski definition) is 4. The Balaban J connectivity index is 2.11. The van der Waals surface area contributed by atoms with Crippen LogP contribution in [0.25, 0.3) is 0 Å². The molecule has 0 spiro atoms. The zero-order valence-electron chi connectivity index (χ0n) is 10.6. The summed E-state index contributed by atoms with van der Waals surface area (Å²) in [6.45, 7) is 2.45. The van der Waals surface area contributed by atoms with Gasteiger partial charge in [0.1, 0.15) is 0 Å². The van der Waals surface area contributed by atoms with Gasteiger partial charge in [-0.05, 0) is 47.1 Å². The minimum absolute atomic E-state index is 0.146. The van der Waals surface area contributed by atoms with E-state index in [0.717, 1.165) is 31.7 Å². The number of benzene rings is 1. The molecular weight excluding hydrogens is 298 g/mol. The van der Waals surface area contributed by atoms with Crippen LogP contribution in [0.2, 0.25) is 0 Å². The number of aromatic hydroxyl groups is 1. The van der Waals surface area contributed by atoms with E-state index < -0.39 is 0 Å². The molecule has 0 aliphatic carbocycles. The molecule has 2 rings (SSSR count). The number of ether oxygens (including phenoxy) is 2. The van der Waals surface area contributed by atoms with Gasteiger partial charge in [-0.1, -0.05) is 0 Å². The van der Waals surface area contributed by atoms with Crippen molar-refractivity contribution >= 4 is 15.9 Å². The second-order valence-corrected chi connectivity index (χ2v) is 5.42. The maximum Gasteiger partial charge on any atom is 0.172 e. The van der Waals surface area contributed by atoms with Gasteiger partial charge in [-0.2, -0.15) is 0 Å². The molecule has 0 amide bonds. The monoisotopic (exact) mass is 315 g/mol. The summed E-state index contributed by atoms with van der Waals surface area (Å²) in [5.74, 6) is 0.642. The standard InChI is InChI=1S/C13H18BrNO3/c1-15(10-3-4-18-8-10)7-9-5-11(14)13(16)12(6-9)17-2/h5-6,10,16H,3-4,7-8H2,1-2H3. The molecule has 1 saturated heterocycles. The number of halogens is 1. The van der Waals surface area contributed by atoms with Gasteiger partial charge in [0.25, 0.3) is 0 Å². The molecule has 4 nitrogen and oxygen atoms in total. The first-order valence-electron chi connectivity index (χ1n) is 5.95. The van der Waals surface area contributed by atoms with E-state index in [2.05, 4.69) is 27.9 Å². The van der Waals surface area contributed by atoms with Gasteiger partial charge in [0.2, 0.25) is 0 Å². The number of phenolic OH excluding ortho intramolecular Hbond substituents is 1. The Morgan fingerprint density at radius 1 is 1.56 bits per heavy atom. The second-order valence-electron chi connectivity index (χ2n) is 4.56. The second kappa shape index (κ2) is 5.91. The molecule has 100 valence electrons. The Bertz CT molecular complexity index is 419. The highest BCUT2D eigenvalue weighted by Gasteiger charge is 2.20. The lowest BCUT2D eigenvalue weighted by Crippen LogP contribution is -2.31. The molecule has 1 unspecified atom stereocenters. The minimum Gasteiger partial charge on any atom is -0.503 e. The third-order valence-electron chi connectivity index (χ3n) is 3.27. The van der Waals surface area contributed by atoms with E-state index >= 15 is 0 Å². The molecular formula is C13H18BrNO3. The van der Waals surface area contributed by atoms with Crippen molar-refractivity contribution in [2.24, 2.45) is 0 Å². The Kier molecular flexibility index (Phi) is 4.48. The Hall–Kier alpha value is -0.780. The molecule has 18 heavy (non-hydrogen) atoms. The molecule has 1 heterocycles. The zero-order chi connectivity index (χ0) is 13.1. The number of nitrogens with zero attached hydrogens (tertiary/aromatic N) is 1. The molecule has 1 N–H and O–H groups in total. The predicted molar refractivity (Wildman–Crippen MR) is 73.0 cm³/mol. The van der Waals surface area contributed by atoms with Crippen LogP contribution in [0.3, 0.4) is 0 Å². The van der Waals surface area contributed by atoms with E-state index in [0.29, 0.717) is 16.3 Å². The number of phenols is 1. The Labute approximate surface area is 116 Å². The number of likely N-dealkylation sites (N-methyl/N-ethyl adjacent to an activating group) is 1. The fourth-order valence-corrected chi connectivity index (χ4v) is 2.65. The lowest BCUT2D eigenvalue weighted by Gasteiger charge is -2.23. The normalized spacial score (nSPS) is 19.4. The highest BCUT2D eigenvalue weighted by molar-refractivity contribution is 9.10. The van der Waals surface area contributed by atoms with Crippen molar-refractivity contribution in [2.75, 3.05) is 27.4 Å². The first-order chi connectivity index (χ1) is 8.61. The van der Waals surface area contributed by atoms with Crippen LogP contribution in [-0.4, -0.2) is 43.4 Å². The fraction of sp³-hybridized carbons (Fsp3) is 0.538. The van der Waals surface area contributed by atoms with Crippen molar-refractivity contribution in [3.8, 4) is 11.5 Å². The molecule has 0 bridgehead atoms. The highest BCUT2D eigenvalue weighted by atomic mass is 79.9. The van der Waals surface area contributed by atoms with Crippen LogP contribution in [0.1, 0.15) is 12.0 Å². The predicted octanol–water partition coefficient (Wildman–Crippen LogP) is 2.38. The first kappa shape index (κ1) is 13.6. The summed E-state index contributed by atoms with van der Waals surface area (Å²) in [5.41, 5.74) is 1.10. The molecule has 1 aromatic rings. The molecule has 0 saturated carbocycles. The van der Waals surface area contributed by atoms with Crippen molar-refractivity contribution in [2.45, 2.75) is 19.0 Å². The summed E-state index contributed by atoms with van der Waals surface area (Å²) < 4.78 is 11.2. The van der Waals surface area contributed by atoms with E-state index in [-0.39, 0.29) is 5.75 Å². The zero-order valence-corrected chi connectivity index (χ0v) is 12.2. The van der Waals surface area contributed by atoms with E-state index in [4.69, 9.17) is 9.47 Å². The summed E-state index contributed by atoms with van der Waals surface area (Å²) in [5, 5.41) is 9.76. The van der Waals surface area contributed by atoms with Gasteiger partial charge in [-0.3, -0.25) is 4.90 Å². The van der Waals surface area contributed by atoms with Gasteiger partial charge in [-0.15, -0.1) is 0 Å². The largest absolute Gasteiger partial charge is 0.503 e. The van der Waals surface area contributed by atoms with Gasteiger partial charge in [0.05, 0.1) is 18.2 Å². The Morgan fingerprint density at radius 3 is 2.94 bits per heavy atom. The Morgan fingerprint density at radius 2 is 2.33 bits per heavy atom.